The molecule has 3 nitrogen and oxygen atoms in total. The Kier molecular flexibility index (Phi) is 11.3. The molecule has 2 aliphatic rings. The quantitative estimate of drug-likeness (QED) is 0.433. The molecule has 4 rings (SSSR count). The van der Waals surface area contributed by atoms with Gasteiger partial charge < -0.3 is 9.69 Å². The second kappa shape index (κ2) is 13.9. The summed E-state index contributed by atoms with van der Waals surface area (Å²) in [6.07, 6.45) is 10.9. The number of likely N-dealkylation sites (tertiary alicyclic amines) is 1. The minimum absolute atomic E-state index is 0.595. The fourth-order valence-corrected chi connectivity index (χ4v) is 4.70. The van der Waals surface area contributed by atoms with Crippen molar-refractivity contribution in [1.82, 2.24) is 4.90 Å². The summed E-state index contributed by atoms with van der Waals surface area (Å²) in [5, 5.41) is 8.98. The standard InChI is InChI=1S/C24H28N2S.C4H8.CH2O/c1-4-5-23(22-10-11-24(27-3)18(2)16-22)26-14-12-21(13-15-26)20-8-6-19(17-25)7-9-20;1-4-2-3-4;1-2/h5-11,16,21H,4,12-15H2,1-3H3;4H,2-3H2,1H3;1H2. The Morgan fingerprint density at radius 3 is 2.18 bits per heavy atom. The molecule has 0 amide bonds. The van der Waals surface area contributed by atoms with E-state index in [2.05, 4.69) is 74.4 Å². The van der Waals surface area contributed by atoms with Crippen molar-refractivity contribution in [1.29, 1.82) is 5.26 Å². The van der Waals surface area contributed by atoms with Crippen molar-refractivity contribution in [2.75, 3.05) is 19.3 Å². The van der Waals surface area contributed by atoms with E-state index in [1.54, 1.807) is 0 Å². The first-order valence-corrected chi connectivity index (χ1v) is 13.2. The molecule has 0 aromatic heterocycles. The lowest BCUT2D eigenvalue weighted by Gasteiger charge is -2.36. The predicted molar refractivity (Wildman–Crippen MR) is 141 cm³/mol. The number of allylic oxidation sites excluding steroid dienone is 1. The highest BCUT2D eigenvalue weighted by Crippen LogP contribution is 2.33. The van der Waals surface area contributed by atoms with Gasteiger partial charge in [0.1, 0.15) is 6.79 Å². The maximum absolute atomic E-state index is 8.98. The van der Waals surface area contributed by atoms with Crippen LogP contribution in [0.5, 0.6) is 0 Å². The zero-order valence-electron chi connectivity index (χ0n) is 20.6. The number of aryl methyl sites for hydroxylation is 1. The van der Waals surface area contributed by atoms with Gasteiger partial charge in [0.05, 0.1) is 11.6 Å². The van der Waals surface area contributed by atoms with Gasteiger partial charge >= 0.3 is 0 Å². The van der Waals surface area contributed by atoms with E-state index in [1.165, 1.54) is 40.1 Å². The van der Waals surface area contributed by atoms with Gasteiger partial charge in [-0.05, 0) is 85.2 Å². The summed E-state index contributed by atoms with van der Waals surface area (Å²) in [4.78, 5) is 11.9. The van der Waals surface area contributed by atoms with Gasteiger partial charge in [-0.2, -0.15) is 5.26 Å². The molecule has 0 bridgehead atoms. The number of rotatable bonds is 5. The topological polar surface area (TPSA) is 44.1 Å². The van der Waals surface area contributed by atoms with E-state index in [0.29, 0.717) is 5.92 Å². The Bertz CT molecular complexity index is 933. The highest BCUT2D eigenvalue weighted by Gasteiger charge is 2.22. The SMILES string of the molecule is C=O.CC1CC1.CCC=C(c1ccc(SC)c(C)c1)N1CCC(c2ccc(C#N)cc2)CC1. The number of benzene rings is 2. The summed E-state index contributed by atoms with van der Waals surface area (Å²) in [6.45, 7) is 10.9. The van der Waals surface area contributed by atoms with Crippen LogP contribution >= 0.6 is 11.8 Å². The monoisotopic (exact) mass is 462 g/mol. The molecular weight excluding hydrogens is 424 g/mol. The van der Waals surface area contributed by atoms with Crippen LogP contribution in [0.3, 0.4) is 0 Å². The van der Waals surface area contributed by atoms with Crippen LogP contribution in [0.4, 0.5) is 0 Å². The minimum Gasteiger partial charge on any atom is -0.371 e. The Hall–Kier alpha value is -2.51. The fraction of sp³-hybridized carbons (Fsp3) is 0.448. The highest BCUT2D eigenvalue weighted by atomic mass is 32.2. The Balaban J connectivity index is 0.000000567. The van der Waals surface area contributed by atoms with Crippen LogP contribution in [0.2, 0.25) is 0 Å². The molecule has 0 radical (unpaired) electrons. The van der Waals surface area contributed by atoms with Gasteiger partial charge in [0.25, 0.3) is 0 Å². The third-order valence-corrected chi connectivity index (χ3v) is 7.20. The summed E-state index contributed by atoms with van der Waals surface area (Å²) in [6, 6.07) is 17.2. The van der Waals surface area contributed by atoms with Gasteiger partial charge in [-0.3, -0.25) is 0 Å². The smallest absolute Gasteiger partial charge is 0.106 e. The number of nitrogens with zero attached hydrogens (tertiary/aromatic N) is 2. The van der Waals surface area contributed by atoms with Crippen molar-refractivity contribution in [3.8, 4) is 6.07 Å². The fourth-order valence-electron chi connectivity index (χ4n) is 4.11. The van der Waals surface area contributed by atoms with Crippen LogP contribution in [0, 0.1) is 24.2 Å². The van der Waals surface area contributed by atoms with E-state index >= 15 is 0 Å². The molecular formula is C29H38N2OS. The van der Waals surface area contributed by atoms with Crippen LogP contribution in [0.15, 0.2) is 53.4 Å². The largest absolute Gasteiger partial charge is 0.371 e. The number of carbonyl (C=O) groups excluding carboxylic acids is 1. The van der Waals surface area contributed by atoms with Gasteiger partial charge in [-0.15, -0.1) is 11.8 Å². The van der Waals surface area contributed by atoms with Crippen molar-refractivity contribution < 1.29 is 4.79 Å². The van der Waals surface area contributed by atoms with Crippen molar-refractivity contribution in [3.05, 3.63) is 70.8 Å². The molecule has 2 aromatic rings. The molecule has 33 heavy (non-hydrogen) atoms. The molecule has 1 saturated carbocycles. The number of hydrogen-bond donors (Lipinski definition) is 0. The van der Waals surface area contributed by atoms with Crippen LogP contribution in [-0.2, 0) is 4.79 Å². The van der Waals surface area contributed by atoms with Gasteiger partial charge in [-0.1, -0.05) is 51.0 Å². The van der Waals surface area contributed by atoms with Crippen LogP contribution in [0.1, 0.15) is 74.1 Å². The number of nitriles is 1. The summed E-state index contributed by atoms with van der Waals surface area (Å²) in [5.74, 6) is 1.68. The Morgan fingerprint density at radius 2 is 1.73 bits per heavy atom. The van der Waals surface area contributed by atoms with Crippen LogP contribution in [0.25, 0.3) is 5.70 Å². The molecule has 1 aliphatic heterocycles. The second-order valence-corrected chi connectivity index (χ2v) is 9.71. The lowest BCUT2D eigenvalue weighted by Crippen LogP contribution is -2.31. The molecule has 1 aliphatic carbocycles. The summed E-state index contributed by atoms with van der Waals surface area (Å²) >= 11 is 1.81. The van der Waals surface area contributed by atoms with Crippen LogP contribution in [-0.4, -0.2) is 31.0 Å². The number of carbonyl (C=O) groups is 1. The zero-order chi connectivity index (χ0) is 24.2. The van der Waals surface area contributed by atoms with Gasteiger partial charge in [0.15, 0.2) is 0 Å². The van der Waals surface area contributed by atoms with E-state index in [-0.39, 0.29) is 0 Å². The van der Waals surface area contributed by atoms with E-state index < -0.39 is 0 Å². The minimum atomic E-state index is 0.595. The van der Waals surface area contributed by atoms with Gasteiger partial charge in [0.2, 0.25) is 0 Å². The number of thioether (sulfide) groups is 1. The van der Waals surface area contributed by atoms with Crippen molar-refractivity contribution in [3.63, 3.8) is 0 Å². The second-order valence-electron chi connectivity index (χ2n) is 8.86. The zero-order valence-corrected chi connectivity index (χ0v) is 21.5. The molecule has 0 unspecified atom stereocenters. The van der Waals surface area contributed by atoms with Crippen molar-refractivity contribution in [2.45, 2.75) is 63.7 Å². The normalized spacial score (nSPS) is 16.1. The van der Waals surface area contributed by atoms with Gasteiger partial charge in [0, 0.05) is 23.7 Å². The first-order valence-electron chi connectivity index (χ1n) is 11.9. The van der Waals surface area contributed by atoms with Crippen molar-refractivity contribution in [2.24, 2.45) is 5.92 Å². The summed E-state index contributed by atoms with van der Waals surface area (Å²) in [5.41, 5.74) is 6.19. The molecule has 176 valence electrons. The third kappa shape index (κ3) is 8.09. The molecule has 1 heterocycles. The first kappa shape index (κ1) is 26.7. The maximum atomic E-state index is 8.98. The number of hydrogen-bond acceptors (Lipinski definition) is 4. The van der Waals surface area contributed by atoms with Crippen molar-refractivity contribution >= 4 is 24.2 Å². The maximum Gasteiger partial charge on any atom is 0.106 e. The van der Waals surface area contributed by atoms with E-state index in [1.807, 2.05) is 30.7 Å². The average molecular weight is 463 g/mol. The Labute approximate surface area is 204 Å². The molecule has 0 atom stereocenters. The predicted octanol–water partition coefficient (Wildman–Crippen LogP) is 7.45. The van der Waals surface area contributed by atoms with Gasteiger partial charge in [-0.25, -0.2) is 0 Å². The lowest BCUT2D eigenvalue weighted by molar-refractivity contribution is -0.0979. The van der Waals surface area contributed by atoms with E-state index in [9.17, 15) is 0 Å². The summed E-state index contributed by atoms with van der Waals surface area (Å²) in [7, 11) is 0. The molecule has 0 N–H and O–H groups in total. The molecule has 4 heteroatoms. The molecule has 1 saturated heterocycles. The highest BCUT2D eigenvalue weighted by molar-refractivity contribution is 7.98. The molecule has 2 fully saturated rings. The van der Waals surface area contributed by atoms with Crippen LogP contribution < -0.4 is 0 Å². The number of piperidine rings is 1. The summed E-state index contributed by atoms with van der Waals surface area (Å²) < 4.78 is 0. The van der Waals surface area contributed by atoms with E-state index in [4.69, 9.17) is 10.1 Å². The van der Waals surface area contributed by atoms with E-state index in [0.717, 1.165) is 43.8 Å². The third-order valence-electron chi connectivity index (χ3n) is 6.30. The molecule has 2 aromatic carbocycles. The average Bonchev–Trinajstić information content (AvgIpc) is 3.66. The first-order chi connectivity index (χ1) is 16.0. The lowest BCUT2D eigenvalue weighted by atomic mass is 9.88. The Morgan fingerprint density at radius 1 is 1.12 bits per heavy atom. The molecule has 0 spiro atoms.